The van der Waals surface area contributed by atoms with Gasteiger partial charge in [-0.25, -0.2) is 4.79 Å². The molecule has 0 aromatic heterocycles. The van der Waals surface area contributed by atoms with Gasteiger partial charge < -0.3 is 10.5 Å². The van der Waals surface area contributed by atoms with E-state index in [0.29, 0.717) is 16.3 Å². The van der Waals surface area contributed by atoms with Crippen molar-refractivity contribution in [1.29, 1.82) is 0 Å². The predicted octanol–water partition coefficient (Wildman–Crippen LogP) is 2.30. The van der Waals surface area contributed by atoms with E-state index in [1.54, 1.807) is 6.07 Å². The van der Waals surface area contributed by atoms with E-state index in [2.05, 4.69) is 5.32 Å². The zero-order valence-electron chi connectivity index (χ0n) is 14.0. The van der Waals surface area contributed by atoms with Crippen LogP contribution < -0.4 is 16.5 Å². The highest BCUT2D eigenvalue weighted by Gasteiger charge is 2.31. The number of nitrogens with one attached hydrogen (secondary N) is 1. The Balaban J connectivity index is 2.21. The second-order valence-electron chi connectivity index (χ2n) is 6.80. The summed E-state index contributed by atoms with van der Waals surface area (Å²) in [5.74, 6) is 0.833. The Hall–Kier alpha value is -1.63. The molecule has 1 aliphatic rings. The maximum atomic E-state index is 11.9. The molecule has 0 spiro atoms. The minimum absolute atomic E-state index is 0.473. The van der Waals surface area contributed by atoms with Gasteiger partial charge in [0.1, 0.15) is 13.4 Å². The second kappa shape index (κ2) is 6.47. The molecule has 1 aliphatic heterocycles. The van der Waals surface area contributed by atoms with Crippen LogP contribution in [0.15, 0.2) is 23.2 Å². The lowest BCUT2D eigenvalue weighted by molar-refractivity contribution is 0.0564. The second-order valence-corrected chi connectivity index (χ2v) is 7.89. The minimum atomic E-state index is -0.546. The topological polar surface area (TPSA) is 76.7 Å². The number of ether oxygens (including phenoxy) is 1. The smallest absolute Gasteiger partial charge is 0.413 e. The monoisotopic (exact) mass is 331 g/mol. The van der Waals surface area contributed by atoms with Gasteiger partial charge >= 0.3 is 6.09 Å². The van der Waals surface area contributed by atoms with Crippen molar-refractivity contribution < 1.29 is 9.53 Å². The van der Waals surface area contributed by atoms with E-state index in [9.17, 15) is 4.79 Å². The van der Waals surface area contributed by atoms with Crippen molar-refractivity contribution in [2.45, 2.75) is 45.3 Å². The Kier molecular flexibility index (Phi) is 4.99. The molecule has 0 aliphatic carbocycles. The van der Waals surface area contributed by atoms with E-state index in [1.807, 2.05) is 39.8 Å². The minimum Gasteiger partial charge on any atom is -0.444 e. The fourth-order valence-corrected chi connectivity index (χ4v) is 3.42. The highest BCUT2D eigenvalue weighted by molar-refractivity contribution is 8.13. The van der Waals surface area contributed by atoms with E-state index >= 15 is 0 Å². The molecule has 1 heterocycles. The SMILES string of the molecule is [B]c1cc(N)cc(C2(C)CCSC(NC(=O)OC(C)(C)C)=N2)c1. The summed E-state index contributed by atoms with van der Waals surface area (Å²) in [7, 11) is 5.89. The van der Waals surface area contributed by atoms with Gasteiger partial charge in [0.2, 0.25) is 0 Å². The number of carbonyl (C=O) groups excluding carboxylic acids is 1. The summed E-state index contributed by atoms with van der Waals surface area (Å²) in [6.45, 7) is 7.48. The molecule has 1 amide bonds. The molecule has 0 saturated heterocycles. The molecule has 1 atom stereocenters. The Morgan fingerprint density at radius 1 is 1.43 bits per heavy atom. The summed E-state index contributed by atoms with van der Waals surface area (Å²) in [6.07, 6.45) is 0.333. The molecule has 7 heteroatoms. The van der Waals surface area contributed by atoms with Gasteiger partial charge in [-0.15, -0.1) is 0 Å². The molecule has 1 unspecified atom stereocenters. The van der Waals surface area contributed by atoms with Crippen molar-refractivity contribution >= 4 is 42.0 Å². The number of thioether (sulfide) groups is 1. The van der Waals surface area contributed by atoms with Gasteiger partial charge in [0.15, 0.2) is 5.17 Å². The van der Waals surface area contributed by atoms with E-state index in [1.165, 1.54) is 11.8 Å². The van der Waals surface area contributed by atoms with Crippen LogP contribution >= 0.6 is 11.8 Å². The molecule has 122 valence electrons. The van der Waals surface area contributed by atoms with Crippen LogP contribution in [0, 0.1) is 0 Å². The standard InChI is InChI=1S/C16H22BN3O2S/c1-15(2,3)22-14(21)19-13-20-16(4,5-6-23-13)10-7-11(17)9-12(18)8-10/h7-9H,5-6,18H2,1-4H3,(H,19,20,21). The van der Waals surface area contributed by atoms with E-state index in [0.717, 1.165) is 17.7 Å². The van der Waals surface area contributed by atoms with Gasteiger partial charge in [-0.3, -0.25) is 10.3 Å². The third kappa shape index (κ3) is 4.92. The van der Waals surface area contributed by atoms with Gasteiger partial charge in [-0.2, -0.15) is 0 Å². The number of hydrogen-bond donors (Lipinski definition) is 2. The van der Waals surface area contributed by atoms with Crippen molar-refractivity contribution in [1.82, 2.24) is 5.32 Å². The van der Waals surface area contributed by atoms with E-state index in [-0.39, 0.29) is 0 Å². The van der Waals surface area contributed by atoms with Crippen LogP contribution in [0.25, 0.3) is 0 Å². The first-order chi connectivity index (χ1) is 10.6. The lowest BCUT2D eigenvalue weighted by Gasteiger charge is -2.31. The summed E-state index contributed by atoms with van der Waals surface area (Å²) in [5, 5.41) is 3.27. The molecule has 0 bridgehead atoms. The molecular weight excluding hydrogens is 309 g/mol. The molecule has 2 radical (unpaired) electrons. The molecule has 1 aromatic carbocycles. The third-order valence-corrected chi connectivity index (χ3v) is 4.26. The maximum absolute atomic E-state index is 11.9. The molecule has 23 heavy (non-hydrogen) atoms. The molecule has 3 N–H and O–H groups in total. The van der Waals surface area contributed by atoms with Crippen molar-refractivity contribution in [3.63, 3.8) is 0 Å². The van der Waals surface area contributed by atoms with Crippen LogP contribution in [-0.4, -0.2) is 30.5 Å². The average Bonchev–Trinajstić information content (AvgIpc) is 2.35. The molecule has 0 fully saturated rings. The lowest BCUT2D eigenvalue weighted by atomic mass is 9.84. The van der Waals surface area contributed by atoms with Crippen LogP contribution in [0.1, 0.15) is 39.7 Å². The summed E-state index contributed by atoms with van der Waals surface area (Å²) in [4.78, 5) is 16.6. The van der Waals surface area contributed by atoms with E-state index in [4.69, 9.17) is 23.3 Å². The number of nitrogens with zero attached hydrogens (tertiary/aromatic N) is 1. The highest BCUT2D eigenvalue weighted by Crippen LogP contribution is 2.35. The van der Waals surface area contributed by atoms with Crippen LogP contribution in [-0.2, 0) is 10.3 Å². The van der Waals surface area contributed by atoms with Crippen molar-refractivity contribution in [2.24, 2.45) is 4.99 Å². The number of rotatable bonds is 1. The number of amidine groups is 1. The van der Waals surface area contributed by atoms with Crippen LogP contribution in [0.2, 0.25) is 0 Å². The van der Waals surface area contributed by atoms with Gasteiger partial charge in [0.05, 0.1) is 5.54 Å². The number of anilines is 1. The number of aliphatic imine (C=N–C) groups is 1. The predicted molar refractivity (Wildman–Crippen MR) is 97.5 cm³/mol. The van der Waals surface area contributed by atoms with Gasteiger partial charge in [-0.1, -0.05) is 23.3 Å². The van der Waals surface area contributed by atoms with Crippen LogP contribution in [0.5, 0.6) is 0 Å². The Labute approximate surface area is 142 Å². The van der Waals surface area contributed by atoms with Gasteiger partial charge in [-0.05, 0) is 51.8 Å². The van der Waals surface area contributed by atoms with Gasteiger partial charge in [0.25, 0.3) is 0 Å². The maximum Gasteiger partial charge on any atom is 0.413 e. The van der Waals surface area contributed by atoms with Crippen molar-refractivity contribution in [2.75, 3.05) is 11.5 Å². The Morgan fingerprint density at radius 3 is 2.74 bits per heavy atom. The van der Waals surface area contributed by atoms with Crippen LogP contribution in [0.4, 0.5) is 10.5 Å². The lowest BCUT2D eigenvalue weighted by Crippen LogP contribution is -2.38. The quantitative estimate of drug-likeness (QED) is 0.611. The molecule has 2 rings (SSSR count). The number of nitrogens with two attached hydrogens (primary N) is 1. The number of amides is 1. The molecule has 1 aromatic rings. The number of nitrogen functional groups attached to an aromatic ring is 1. The Bertz CT molecular complexity index is 622. The number of alkyl carbamates (subject to hydrolysis) is 1. The summed E-state index contributed by atoms with van der Waals surface area (Å²) < 4.78 is 5.27. The fraction of sp³-hybridized carbons (Fsp3) is 0.500. The zero-order chi connectivity index (χ0) is 17.3. The number of carbonyl (C=O) groups is 1. The van der Waals surface area contributed by atoms with Crippen molar-refractivity contribution in [3.8, 4) is 0 Å². The van der Waals surface area contributed by atoms with Gasteiger partial charge in [0, 0.05) is 11.4 Å². The zero-order valence-corrected chi connectivity index (χ0v) is 14.8. The third-order valence-electron chi connectivity index (χ3n) is 3.38. The first-order valence-electron chi connectivity index (χ1n) is 7.47. The molecular formula is C16H22BN3O2S. The normalized spacial score (nSPS) is 21.5. The largest absolute Gasteiger partial charge is 0.444 e. The van der Waals surface area contributed by atoms with Crippen molar-refractivity contribution in [3.05, 3.63) is 23.8 Å². The van der Waals surface area contributed by atoms with E-state index < -0.39 is 17.2 Å². The summed E-state index contributed by atoms with van der Waals surface area (Å²) in [6, 6.07) is 5.47. The number of hydrogen-bond acceptors (Lipinski definition) is 5. The number of benzene rings is 1. The molecule has 0 saturated carbocycles. The molecule has 5 nitrogen and oxygen atoms in total. The first kappa shape index (κ1) is 17.7. The first-order valence-corrected chi connectivity index (χ1v) is 8.45. The Morgan fingerprint density at radius 2 is 2.13 bits per heavy atom. The summed E-state index contributed by atoms with van der Waals surface area (Å²) >= 11 is 1.50. The average molecular weight is 331 g/mol. The summed E-state index contributed by atoms with van der Waals surface area (Å²) in [5.41, 5.74) is 7.03. The highest BCUT2D eigenvalue weighted by atomic mass is 32.2. The fourth-order valence-electron chi connectivity index (χ4n) is 2.31. The van der Waals surface area contributed by atoms with Crippen LogP contribution in [0.3, 0.4) is 0 Å².